The first-order valence-corrected chi connectivity index (χ1v) is 8.89. The fourth-order valence-corrected chi connectivity index (χ4v) is 2.67. The fraction of sp³-hybridized carbons (Fsp3) is 0.250. The number of hydrogen-bond donors (Lipinski definition) is 3. The van der Waals surface area contributed by atoms with Crippen LogP contribution >= 0.6 is 11.6 Å². The molecule has 0 bridgehead atoms. The number of rotatable bonds is 9. The second-order valence-electron chi connectivity index (χ2n) is 6.03. The molecule has 27 heavy (non-hydrogen) atoms. The Balaban J connectivity index is 1.81. The molecule has 0 aromatic heterocycles. The SMILES string of the molecule is O=C(O)C[C@H](NC(=O)CCNC(=O)Cc1ccccc1)c1ccc(Cl)cc1. The van der Waals surface area contributed by atoms with Crippen LogP contribution in [0.3, 0.4) is 0 Å². The molecule has 2 rings (SSSR count). The summed E-state index contributed by atoms with van der Waals surface area (Å²) in [7, 11) is 0. The summed E-state index contributed by atoms with van der Waals surface area (Å²) in [5.74, 6) is -1.53. The minimum Gasteiger partial charge on any atom is -0.481 e. The van der Waals surface area contributed by atoms with Crippen LogP contribution in [0.4, 0.5) is 0 Å². The number of halogens is 1. The molecular formula is C20H21ClN2O4. The molecule has 0 unspecified atom stereocenters. The van der Waals surface area contributed by atoms with Gasteiger partial charge in [0.25, 0.3) is 0 Å². The molecule has 2 aromatic carbocycles. The molecule has 0 saturated carbocycles. The summed E-state index contributed by atoms with van der Waals surface area (Å²) in [6, 6.07) is 15.3. The Labute approximate surface area is 162 Å². The summed E-state index contributed by atoms with van der Waals surface area (Å²) in [6.07, 6.45) is 0.0624. The highest BCUT2D eigenvalue weighted by molar-refractivity contribution is 6.30. The molecule has 0 spiro atoms. The summed E-state index contributed by atoms with van der Waals surface area (Å²) >= 11 is 5.84. The first kappa shape index (κ1) is 20.5. The van der Waals surface area contributed by atoms with Gasteiger partial charge in [0, 0.05) is 18.0 Å². The van der Waals surface area contributed by atoms with Gasteiger partial charge in [-0.15, -0.1) is 0 Å². The molecule has 0 heterocycles. The lowest BCUT2D eigenvalue weighted by atomic mass is 10.0. The van der Waals surface area contributed by atoms with Crippen molar-refractivity contribution in [2.24, 2.45) is 0 Å². The third-order valence-electron chi connectivity index (χ3n) is 3.87. The predicted octanol–water partition coefficient (Wildman–Crippen LogP) is 2.72. The lowest BCUT2D eigenvalue weighted by Crippen LogP contribution is -2.34. The van der Waals surface area contributed by atoms with E-state index in [0.29, 0.717) is 10.6 Å². The van der Waals surface area contributed by atoms with Gasteiger partial charge in [-0.25, -0.2) is 0 Å². The van der Waals surface area contributed by atoms with Crippen LogP contribution in [-0.4, -0.2) is 29.4 Å². The van der Waals surface area contributed by atoms with Crippen LogP contribution in [0, 0.1) is 0 Å². The maximum absolute atomic E-state index is 12.1. The summed E-state index contributed by atoms with van der Waals surface area (Å²) in [4.78, 5) is 35.1. The minimum absolute atomic E-state index is 0.0598. The molecule has 2 amide bonds. The number of carboxylic acids is 1. The van der Waals surface area contributed by atoms with Crippen LogP contribution in [0.2, 0.25) is 5.02 Å². The number of nitrogens with one attached hydrogen (secondary N) is 2. The van der Waals surface area contributed by atoms with Gasteiger partial charge in [-0.3, -0.25) is 14.4 Å². The molecule has 6 nitrogen and oxygen atoms in total. The number of hydrogen-bond acceptors (Lipinski definition) is 3. The lowest BCUT2D eigenvalue weighted by Gasteiger charge is -2.17. The van der Waals surface area contributed by atoms with Gasteiger partial charge in [-0.05, 0) is 23.3 Å². The molecule has 0 radical (unpaired) electrons. The third kappa shape index (κ3) is 7.50. The second-order valence-corrected chi connectivity index (χ2v) is 6.47. The van der Waals surface area contributed by atoms with Crippen LogP contribution in [-0.2, 0) is 20.8 Å². The molecule has 0 fully saturated rings. The van der Waals surface area contributed by atoms with Crippen molar-refractivity contribution in [3.8, 4) is 0 Å². The smallest absolute Gasteiger partial charge is 0.305 e. The van der Waals surface area contributed by atoms with Crippen molar-refractivity contribution in [3.63, 3.8) is 0 Å². The van der Waals surface area contributed by atoms with Gasteiger partial charge in [0.1, 0.15) is 0 Å². The predicted molar refractivity (Wildman–Crippen MR) is 102 cm³/mol. The minimum atomic E-state index is -1.02. The highest BCUT2D eigenvalue weighted by atomic mass is 35.5. The molecule has 0 saturated heterocycles. The van der Waals surface area contributed by atoms with E-state index >= 15 is 0 Å². The van der Waals surface area contributed by atoms with Crippen molar-refractivity contribution in [1.29, 1.82) is 0 Å². The highest BCUT2D eigenvalue weighted by Gasteiger charge is 2.18. The van der Waals surface area contributed by atoms with Crippen molar-refractivity contribution in [1.82, 2.24) is 10.6 Å². The van der Waals surface area contributed by atoms with Crippen LogP contribution < -0.4 is 10.6 Å². The number of carbonyl (C=O) groups excluding carboxylic acids is 2. The van der Waals surface area contributed by atoms with Crippen molar-refractivity contribution in [2.75, 3.05) is 6.54 Å². The molecular weight excluding hydrogens is 368 g/mol. The van der Waals surface area contributed by atoms with E-state index in [-0.39, 0.29) is 37.6 Å². The van der Waals surface area contributed by atoms with Gasteiger partial charge in [0.2, 0.25) is 11.8 Å². The monoisotopic (exact) mass is 388 g/mol. The van der Waals surface area contributed by atoms with E-state index in [4.69, 9.17) is 16.7 Å². The Bertz CT molecular complexity index is 778. The summed E-state index contributed by atoms with van der Waals surface area (Å²) in [5.41, 5.74) is 1.55. The summed E-state index contributed by atoms with van der Waals surface area (Å²) < 4.78 is 0. The number of benzene rings is 2. The molecule has 7 heteroatoms. The first-order chi connectivity index (χ1) is 12.9. The average Bonchev–Trinajstić information content (AvgIpc) is 2.62. The zero-order valence-electron chi connectivity index (χ0n) is 14.7. The van der Waals surface area contributed by atoms with E-state index in [1.807, 2.05) is 30.3 Å². The van der Waals surface area contributed by atoms with Crippen molar-refractivity contribution < 1.29 is 19.5 Å². The molecule has 0 aliphatic heterocycles. The zero-order chi connectivity index (χ0) is 19.6. The Kier molecular flexibility index (Phi) is 7.82. The standard InChI is InChI=1S/C20H21ClN2O4/c21-16-8-6-15(7-9-16)17(13-20(26)27)23-18(24)10-11-22-19(25)12-14-4-2-1-3-5-14/h1-9,17H,10-13H2,(H,22,25)(H,23,24)(H,26,27)/t17-/m0/s1. The summed E-state index contributed by atoms with van der Waals surface area (Å²) in [6.45, 7) is 0.178. The van der Waals surface area contributed by atoms with Crippen LogP contribution in [0.1, 0.15) is 30.0 Å². The topological polar surface area (TPSA) is 95.5 Å². The lowest BCUT2D eigenvalue weighted by molar-refractivity contribution is -0.137. The van der Waals surface area contributed by atoms with E-state index in [1.54, 1.807) is 24.3 Å². The quantitative estimate of drug-likeness (QED) is 0.615. The van der Waals surface area contributed by atoms with Crippen LogP contribution in [0.15, 0.2) is 54.6 Å². The van der Waals surface area contributed by atoms with Gasteiger partial charge in [-0.2, -0.15) is 0 Å². The highest BCUT2D eigenvalue weighted by Crippen LogP contribution is 2.19. The largest absolute Gasteiger partial charge is 0.481 e. The molecule has 0 aliphatic rings. The van der Waals surface area contributed by atoms with Gasteiger partial charge >= 0.3 is 5.97 Å². The normalized spacial score (nSPS) is 11.4. The van der Waals surface area contributed by atoms with E-state index < -0.39 is 12.0 Å². The Morgan fingerprint density at radius 1 is 0.963 bits per heavy atom. The van der Waals surface area contributed by atoms with Crippen LogP contribution in [0.5, 0.6) is 0 Å². The van der Waals surface area contributed by atoms with Crippen molar-refractivity contribution >= 4 is 29.4 Å². The maximum atomic E-state index is 12.1. The van der Waals surface area contributed by atoms with E-state index in [2.05, 4.69) is 10.6 Å². The number of amides is 2. The maximum Gasteiger partial charge on any atom is 0.305 e. The average molecular weight is 389 g/mol. The van der Waals surface area contributed by atoms with Crippen molar-refractivity contribution in [3.05, 3.63) is 70.7 Å². The number of carbonyl (C=O) groups is 3. The third-order valence-corrected chi connectivity index (χ3v) is 4.12. The number of carboxylic acid groups (broad SMARTS) is 1. The van der Waals surface area contributed by atoms with Gasteiger partial charge < -0.3 is 15.7 Å². The Morgan fingerprint density at radius 3 is 2.26 bits per heavy atom. The molecule has 0 aliphatic carbocycles. The molecule has 2 aromatic rings. The Morgan fingerprint density at radius 2 is 1.63 bits per heavy atom. The van der Waals surface area contributed by atoms with E-state index in [0.717, 1.165) is 5.56 Å². The molecule has 3 N–H and O–H groups in total. The van der Waals surface area contributed by atoms with Gasteiger partial charge in [0.15, 0.2) is 0 Å². The summed E-state index contributed by atoms with van der Waals surface area (Å²) in [5, 5.41) is 15.0. The van der Waals surface area contributed by atoms with Crippen molar-refractivity contribution in [2.45, 2.75) is 25.3 Å². The van der Waals surface area contributed by atoms with Gasteiger partial charge in [-0.1, -0.05) is 54.1 Å². The Hall–Kier alpha value is -2.86. The van der Waals surface area contributed by atoms with Gasteiger partial charge in [0.05, 0.1) is 18.9 Å². The first-order valence-electron chi connectivity index (χ1n) is 8.51. The van der Waals surface area contributed by atoms with E-state index in [9.17, 15) is 14.4 Å². The molecule has 142 valence electrons. The van der Waals surface area contributed by atoms with Crippen LogP contribution in [0.25, 0.3) is 0 Å². The second kappa shape index (κ2) is 10.3. The number of aliphatic carboxylic acids is 1. The molecule has 1 atom stereocenters. The zero-order valence-corrected chi connectivity index (χ0v) is 15.4. The fourth-order valence-electron chi connectivity index (χ4n) is 2.55. The van der Waals surface area contributed by atoms with E-state index in [1.165, 1.54) is 0 Å².